The van der Waals surface area contributed by atoms with Crippen molar-refractivity contribution in [3.8, 4) is 0 Å². The van der Waals surface area contributed by atoms with Crippen molar-refractivity contribution in [1.82, 2.24) is 0 Å². The van der Waals surface area contributed by atoms with Gasteiger partial charge in [0.15, 0.2) is 11.6 Å². The van der Waals surface area contributed by atoms with Crippen LogP contribution < -0.4 is 4.90 Å². The molecule has 0 aliphatic rings. The summed E-state index contributed by atoms with van der Waals surface area (Å²) in [5, 5.41) is 8.99. The first-order valence-corrected chi connectivity index (χ1v) is 5.08. The van der Waals surface area contributed by atoms with Gasteiger partial charge in [-0.05, 0) is 13.8 Å². The number of aliphatic hydroxyl groups excluding tert-OH is 1. The van der Waals surface area contributed by atoms with Crippen LogP contribution in [0.25, 0.3) is 0 Å². The van der Waals surface area contributed by atoms with Gasteiger partial charge in [0, 0.05) is 24.7 Å². The lowest BCUT2D eigenvalue weighted by molar-refractivity contribution is 0.272. The highest BCUT2D eigenvalue weighted by Crippen LogP contribution is 2.28. The van der Waals surface area contributed by atoms with E-state index in [1.807, 2.05) is 0 Å². The highest BCUT2D eigenvalue weighted by atomic mass is 19.2. The zero-order chi connectivity index (χ0) is 12.3. The van der Waals surface area contributed by atoms with Gasteiger partial charge in [-0.15, -0.1) is 0 Å². The van der Waals surface area contributed by atoms with E-state index in [2.05, 4.69) is 0 Å². The standard InChI is InChI=1S/C11H14F3NO/c1-3-15(4-2)11-7(6-16)10(14)8(12)5-9(11)13/h5,16H,3-4,6H2,1-2H3. The van der Waals surface area contributed by atoms with Gasteiger partial charge in [0.25, 0.3) is 0 Å². The predicted octanol–water partition coefficient (Wildman–Crippen LogP) is 2.44. The molecule has 0 bridgehead atoms. The molecule has 0 fully saturated rings. The molecule has 90 valence electrons. The first-order chi connectivity index (χ1) is 7.56. The van der Waals surface area contributed by atoms with Crippen LogP contribution in [-0.2, 0) is 6.61 Å². The van der Waals surface area contributed by atoms with E-state index in [1.165, 1.54) is 4.90 Å². The first-order valence-electron chi connectivity index (χ1n) is 5.08. The smallest absolute Gasteiger partial charge is 0.166 e. The van der Waals surface area contributed by atoms with E-state index >= 15 is 0 Å². The SMILES string of the molecule is CCN(CC)c1c(F)cc(F)c(F)c1CO. The predicted molar refractivity (Wildman–Crippen MR) is 55.8 cm³/mol. The minimum Gasteiger partial charge on any atom is -0.391 e. The maximum atomic E-state index is 13.5. The molecule has 1 aromatic carbocycles. The fraction of sp³-hybridized carbons (Fsp3) is 0.455. The Balaban J connectivity index is 3.41. The third-order valence-electron chi connectivity index (χ3n) is 2.48. The van der Waals surface area contributed by atoms with Crippen LogP contribution in [0.2, 0.25) is 0 Å². The summed E-state index contributed by atoms with van der Waals surface area (Å²) in [5.41, 5.74) is -0.396. The van der Waals surface area contributed by atoms with Crippen molar-refractivity contribution in [2.45, 2.75) is 20.5 Å². The van der Waals surface area contributed by atoms with Crippen molar-refractivity contribution in [2.24, 2.45) is 0 Å². The monoisotopic (exact) mass is 233 g/mol. The number of nitrogens with zero attached hydrogens (tertiary/aromatic N) is 1. The van der Waals surface area contributed by atoms with Crippen LogP contribution in [0, 0.1) is 17.5 Å². The van der Waals surface area contributed by atoms with Crippen molar-refractivity contribution in [1.29, 1.82) is 0 Å². The molecule has 2 nitrogen and oxygen atoms in total. The topological polar surface area (TPSA) is 23.5 Å². The van der Waals surface area contributed by atoms with Crippen LogP contribution >= 0.6 is 0 Å². The molecule has 0 atom stereocenters. The molecular weight excluding hydrogens is 219 g/mol. The third kappa shape index (κ3) is 2.14. The van der Waals surface area contributed by atoms with Gasteiger partial charge in [-0.25, -0.2) is 13.2 Å². The average molecular weight is 233 g/mol. The fourth-order valence-electron chi connectivity index (χ4n) is 1.66. The summed E-state index contributed by atoms with van der Waals surface area (Å²) in [6.07, 6.45) is 0. The quantitative estimate of drug-likeness (QED) is 0.807. The van der Waals surface area contributed by atoms with Crippen molar-refractivity contribution in [2.75, 3.05) is 18.0 Å². The molecule has 16 heavy (non-hydrogen) atoms. The van der Waals surface area contributed by atoms with E-state index < -0.39 is 24.1 Å². The lowest BCUT2D eigenvalue weighted by atomic mass is 10.1. The molecule has 0 aliphatic heterocycles. The van der Waals surface area contributed by atoms with Gasteiger partial charge in [-0.1, -0.05) is 0 Å². The first kappa shape index (κ1) is 12.8. The average Bonchev–Trinajstić information content (AvgIpc) is 2.27. The molecule has 0 heterocycles. The van der Waals surface area contributed by atoms with Gasteiger partial charge in [0.2, 0.25) is 0 Å². The second kappa shape index (κ2) is 5.21. The zero-order valence-electron chi connectivity index (χ0n) is 9.23. The van der Waals surface area contributed by atoms with Crippen LogP contribution in [0.15, 0.2) is 6.07 Å². The molecule has 5 heteroatoms. The Morgan fingerprint density at radius 3 is 2.12 bits per heavy atom. The summed E-state index contributed by atoms with van der Waals surface area (Å²) >= 11 is 0. The normalized spacial score (nSPS) is 10.6. The van der Waals surface area contributed by atoms with E-state index in [9.17, 15) is 13.2 Å². The van der Waals surface area contributed by atoms with Crippen LogP contribution in [0.1, 0.15) is 19.4 Å². The maximum absolute atomic E-state index is 13.5. The second-order valence-corrected chi connectivity index (χ2v) is 3.31. The van der Waals surface area contributed by atoms with Crippen LogP contribution in [0.5, 0.6) is 0 Å². The highest BCUT2D eigenvalue weighted by molar-refractivity contribution is 5.55. The molecule has 1 N–H and O–H groups in total. The molecule has 0 saturated carbocycles. The van der Waals surface area contributed by atoms with E-state index in [0.29, 0.717) is 19.2 Å². The van der Waals surface area contributed by atoms with Gasteiger partial charge in [0.05, 0.1) is 12.3 Å². The maximum Gasteiger partial charge on any atom is 0.166 e. The lowest BCUT2D eigenvalue weighted by Gasteiger charge is -2.24. The number of hydrogen-bond acceptors (Lipinski definition) is 2. The van der Waals surface area contributed by atoms with E-state index in [0.717, 1.165) is 0 Å². The largest absolute Gasteiger partial charge is 0.391 e. The highest BCUT2D eigenvalue weighted by Gasteiger charge is 2.21. The van der Waals surface area contributed by atoms with Gasteiger partial charge in [-0.3, -0.25) is 0 Å². The molecule has 0 aliphatic carbocycles. The van der Waals surface area contributed by atoms with Crippen molar-refractivity contribution in [3.63, 3.8) is 0 Å². The molecular formula is C11H14F3NO. The Morgan fingerprint density at radius 2 is 1.69 bits per heavy atom. The van der Waals surface area contributed by atoms with Crippen LogP contribution in [-0.4, -0.2) is 18.2 Å². The van der Waals surface area contributed by atoms with E-state index in [4.69, 9.17) is 5.11 Å². The number of anilines is 1. The third-order valence-corrected chi connectivity index (χ3v) is 2.48. The molecule has 0 aromatic heterocycles. The molecule has 0 spiro atoms. The summed E-state index contributed by atoms with van der Waals surface area (Å²) in [4.78, 5) is 1.53. The summed E-state index contributed by atoms with van der Waals surface area (Å²) in [7, 11) is 0. The zero-order valence-corrected chi connectivity index (χ0v) is 9.23. The van der Waals surface area contributed by atoms with Gasteiger partial charge in [-0.2, -0.15) is 0 Å². The summed E-state index contributed by atoms with van der Waals surface area (Å²) in [5.74, 6) is -3.32. The molecule has 0 amide bonds. The van der Waals surface area contributed by atoms with Crippen LogP contribution in [0.4, 0.5) is 18.9 Å². The van der Waals surface area contributed by atoms with Crippen molar-refractivity contribution in [3.05, 3.63) is 29.1 Å². The van der Waals surface area contributed by atoms with E-state index in [-0.39, 0.29) is 11.3 Å². The Bertz CT molecular complexity index is 378. The van der Waals surface area contributed by atoms with Gasteiger partial charge < -0.3 is 10.0 Å². The number of rotatable bonds is 4. The fourth-order valence-corrected chi connectivity index (χ4v) is 1.66. The Labute approximate surface area is 92.3 Å². The lowest BCUT2D eigenvalue weighted by Crippen LogP contribution is -2.25. The van der Waals surface area contributed by atoms with E-state index in [1.54, 1.807) is 13.8 Å². The Morgan fingerprint density at radius 1 is 1.12 bits per heavy atom. The van der Waals surface area contributed by atoms with Crippen LogP contribution in [0.3, 0.4) is 0 Å². The summed E-state index contributed by atoms with van der Waals surface area (Å²) in [6.45, 7) is 3.71. The van der Waals surface area contributed by atoms with Crippen molar-refractivity contribution >= 4 is 5.69 Å². The van der Waals surface area contributed by atoms with Gasteiger partial charge in [0.1, 0.15) is 5.82 Å². The molecule has 0 saturated heterocycles. The summed E-state index contributed by atoms with van der Waals surface area (Å²) in [6, 6.07) is 0.502. The molecule has 1 rings (SSSR count). The number of hydrogen-bond donors (Lipinski definition) is 1. The van der Waals surface area contributed by atoms with Crippen molar-refractivity contribution < 1.29 is 18.3 Å². The van der Waals surface area contributed by atoms with Gasteiger partial charge >= 0.3 is 0 Å². The number of benzene rings is 1. The Kier molecular flexibility index (Phi) is 4.18. The molecule has 0 radical (unpaired) electrons. The molecule has 0 unspecified atom stereocenters. The summed E-state index contributed by atoms with van der Waals surface area (Å²) < 4.78 is 39.8. The number of aliphatic hydroxyl groups is 1. The molecule has 1 aromatic rings. The number of halogens is 3. The minimum atomic E-state index is -1.28. The minimum absolute atomic E-state index is 0.0635. The second-order valence-electron chi connectivity index (χ2n) is 3.31. The Hall–Kier alpha value is -1.23.